The fourth-order valence-corrected chi connectivity index (χ4v) is 3.54. The van der Waals surface area contributed by atoms with Crippen LogP contribution >= 0.6 is 0 Å². The van der Waals surface area contributed by atoms with Gasteiger partial charge in [-0.25, -0.2) is 0 Å². The summed E-state index contributed by atoms with van der Waals surface area (Å²) in [4.78, 5) is 29.0. The fourth-order valence-electron chi connectivity index (χ4n) is 3.54. The molecule has 1 N–H and O–H groups in total. The summed E-state index contributed by atoms with van der Waals surface area (Å²) in [6.07, 6.45) is 1.72. The van der Waals surface area contributed by atoms with Crippen molar-refractivity contribution in [1.82, 2.24) is 15.1 Å². The van der Waals surface area contributed by atoms with Crippen LogP contribution in [0.3, 0.4) is 0 Å². The molecule has 2 aromatic carbocycles. The van der Waals surface area contributed by atoms with Crippen LogP contribution in [0.4, 0.5) is 0 Å². The predicted molar refractivity (Wildman–Crippen MR) is 111 cm³/mol. The number of rotatable bonds is 6. The maximum absolute atomic E-state index is 12.7. The van der Waals surface area contributed by atoms with Gasteiger partial charge in [0.15, 0.2) is 0 Å². The number of amides is 2. The molecule has 0 unspecified atom stereocenters. The molecule has 0 aliphatic carbocycles. The number of carbonyl (C=O) groups is 2. The monoisotopic (exact) mass is 379 g/mol. The van der Waals surface area contributed by atoms with E-state index in [4.69, 9.17) is 0 Å². The highest BCUT2D eigenvalue weighted by Gasteiger charge is 2.21. The van der Waals surface area contributed by atoms with Gasteiger partial charge in [-0.15, -0.1) is 0 Å². The summed E-state index contributed by atoms with van der Waals surface area (Å²) < 4.78 is 0. The number of hydrogen-bond acceptors (Lipinski definition) is 3. The standard InChI is InChI=1S/C23H29N3O2/c1-19-7-5-10-21(17-19)23(28)26-14-6-13-25(15-16-26)18-22(27)24-12-11-20-8-3-2-4-9-20/h2-5,7-10,17H,6,11-16,18H2,1H3,(H,24,27). The molecule has 1 aliphatic heterocycles. The van der Waals surface area contributed by atoms with E-state index in [1.165, 1.54) is 5.56 Å². The van der Waals surface area contributed by atoms with Gasteiger partial charge in [0.05, 0.1) is 6.54 Å². The number of nitrogens with one attached hydrogen (secondary N) is 1. The maximum atomic E-state index is 12.7. The molecule has 0 bridgehead atoms. The molecule has 0 atom stereocenters. The highest BCUT2D eigenvalue weighted by molar-refractivity contribution is 5.94. The Morgan fingerprint density at radius 2 is 1.79 bits per heavy atom. The van der Waals surface area contributed by atoms with Crippen molar-refractivity contribution in [3.05, 3.63) is 71.3 Å². The van der Waals surface area contributed by atoms with Crippen LogP contribution in [0.5, 0.6) is 0 Å². The summed E-state index contributed by atoms with van der Waals surface area (Å²) in [5, 5.41) is 3.00. The minimum atomic E-state index is 0.0504. The number of carbonyl (C=O) groups excluding carboxylic acids is 2. The average Bonchev–Trinajstić information content (AvgIpc) is 2.94. The molecule has 0 aromatic heterocycles. The summed E-state index contributed by atoms with van der Waals surface area (Å²) in [7, 11) is 0. The number of hydrogen-bond donors (Lipinski definition) is 1. The van der Waals surface area contributed by atoms with Crippen LogP contribution in [0.2, 0.25) is 0 Å². The van der Waals surface area contributed by atoms with Crippen LogP contribution in [0, 0.1) is 6.92 Å². The zero-order valence-corrected chi connectivity index (χ0v) is 16.6. The second-order valence-electron chi connectivity index (χ2n) is 7.38. The third kappa shape index (κ3) is 5.92. The van der Waals surface area contributed by atoms with E-state index in [1.54, 1.807) is 0 Å². The van der Waals surface area contributed by atoms with Gasteiger partial charge in [-0.1, -0.05) is 48.0 Å². The van der Waals surface area contributed by atoms with Gasteiger partial charge in [0, 0.05) is 38.3 Å². The quantitative estimate of drug-likeness (QED) is 0.839. The van der Waals surface area contributed by atoms with Crippen molar-refractivity contribution in [2.45, 2.75) is 19.8 Å². The normalized spacial score (nSPS) is 15.1. The van der Waals surface area contributed by atoms with Crippen molar-refractivity contribution in [1.29, 1.82) is 0 Å². The zero-order chi connectivity index (χ0) is 19.8. The molecule has 2 amide bonds. The third-order valence-electron chi connectivity index (χ3n) is 5.09. The van der Waals surface area contributed by atoms with Crippen molar-refractivity contribution in [2.75, 3.05) is 39.3 Å². The highest BCUT2D eigenvalue weighted by atomic mass is 16.2. The van der Waals surface area contributed by atoms with Crippen LogP contribution in [0.1, 0.15) is 27.9 Å². The lowest BCUT2D eigenvalue weighted by Gasteiger charge is -2.22. The molecular formula is C23H29N3O2. The van der Waals surface area contributed by atoms with Gasteiger partial charge in [-0.3, -0.25) is 14.5 Å². The molecule has 1 saturated heterocycles. The zero-order valence-electron chi connectivity index (χ0n) is 16.6. The second-order valence-corrected chi connectivity index (χ2v) is 7.38. The minimum absolute atomic E-state index is 0.0504. The van der Waals surface area contributed by atoms with Crippen LogP contribution in [0.25, 0.3) is 0 Å². The molecule has 0 radical (unpaired) electrons. The second kappa shape index (κ2) is 10.0. The lowest BCUT2D eigenvalue weighted by Crippen LogP contribution is -2.40. The molecule has 2 aromatic rings. The SMILES string of the molecule is Cc1cccc(C(=O)N2CCCN(CC(=O)NCCc3ccccc3)CC2)c1. The topological polar surface area (TPSA) is 52.7 Å². The van der Waals surface area contributed by atoms with Crippen molar-refractivity contribution < 1.29 is 9.59 Å². The van der Waals surface area contributed by atoms with E-state index >= 15 is 0 Å². The summed E-state index contributed by atoms with van der Waals surface area (Å²) in [6, 6.07) is 17.9. The van der Waals surface area contributed by atoms with Gasteiger partial charge < -0.3 is 10.2 Å². The average molecular weight is 380 g/mol. The summed E-state index contributed by atoms with van der Waals surface area (Å²) in [6.45, 7) is 5.99. The summed E-state index contributed by atoms with van der Waals surface area (Å²) in [5.41, 5.74) is 3.06. The number of benzene rings is 2. The molecule has 5 nitrogen and oxygen atoms in total. The Bertz CT molecular complexity index is 791. The molecule has 1 fully saturated rings. The Kier molecular flexibility index (Phi) is 7.20. The van der Waals surface area contributed by atoms with Gasteiger partial charge >= 0.3 is 0 Å². The highest BCUT2D eigenvalue weighted by Crippen LogP contribution is 2.11. The van der Waals surface area contributed by atoms with E-state index in [9.17, 15) is 9.59 Å². The summed E-state index contributed by atoms with van der Waals surface area (Å²) >= 11 is 0. The lowest BCUT2D eigenvalue weighted by molar-refractivity contribution is -0.122. The van der Waals surface area contributed by atoms with Crippen LogP contribution in [-0.4, -0.2) is 60.9 Å². The molecule has 0 spiro atoms. The molecule has 1 aliphatic rings. The number of nitrogens with zero attached hydrogens (tertiary/aromatic N) is 2. The predicted octanol–water partition coefficient (Wildman–Crippen LogP) is 2.50. The van der Waals surface area contributed by atoms with Crippen LogP contribution in [-0.2, 0) is 11.2 Å². The largest absolute Gasteiger partial charge is 0.355 e. The Morgan fingerprint density at radius 3 is 2.57 bits per heavy atom. The Morgan fingerprint density at radius 1 is 0.964 bits per heavy atom. The Balaban J connectivity index is 1.43. The molecule has 148 valence electrons. The van der Waals surface area contributed by atoms with E-state index in [1.807, 2.05) is 54.3 Å². The first-order valence-corrected chi connectivity index (χ1v) is 10.0. The van der Waals surface area contributed by atoms with Gasteiger partial charge in [0.25, 0.3) is 5.91 Å². The number of aryl methyl sites for hydroxylation is 1. The van der Waals surface area contributed by atoms with E-state index in [0.717, 1.165) is 43.6 Å². The molecule has 0 saturated carbocycles. The first-order valence-electron chi connectivity index (χ1n) is 10.0. The fraction of sp³-hybridized carbons (Fsp3) is 0.391. The third-order valence-corrected chi connectivity index (χ3v) is 5.09. The lowest BCUT2D eigenvalue weighted by atomic mass is 10.1. The smallest absolute Gasteiger partial charge is 0.253 e. The van der Waals surface area contributed by atoms with Crippen LogP contribution in [0.15, 0.2) is 54.6 Å². The van der Waals surface area contributed by atoms with E-state index in [0.29, 0.717) is 19.6 Å². The van der Waals surface area contributed by atoms with Crippen molar-refractivity contribution in [3.63, 3.8) is 0 Å². The van der Waals surface area contributed by atoms with E-state index < -0.39 is 0 Å². The van der Waals surface area contributed by atoms with Crippen molar-refractivity contribution in [2.24, 2.45) is 0 Å². The van der Waals surface area contributed by atoms with Crippen molar-refractivity contribution >= 4 is 11.8 Å². The van der Waals surface area contributed by atoms with Crippen molar-refractivity contribution in [3.8, 4) is 0 Å². The molecule has 28 heavy (non-hydrogen) atoms. The summed E-state index contributed by atoms with van der Waals surface area (Å²) in [5.74, 6) is 0.132. The van der Waals surface area contributed by atoms with E-state index in [2.05, 4.69) is 22.3 Å². The first kappa shape index (κ1) is 20.1. The van der Waals surface area contributed by atoms with Crippen LogP contribution < -0.4 is 5.32 Å². The molecule has 1 heterocycles. The first-order chi connectivity index (χ1) is 13.6. The van der Waals surface area contributed by atoms with Gasteiger partial charge in [0.2, 0.25) is 5.91 Å². The molecule has 5 heteroatoms. The van der Waals surface area contributed by atoms with Gasteiger partial charge in [-0.05, 0) is 37.5 Å². The van der Waals surface area contributed by atoms with E-state index in [-0.39, 0.29) is 11.8 Å². The van der Waals surface area contributed by atoms with Gasteiger partial charge in [-0.2, -0.15) is 0 Å². The maximum Gasteiger partial charge on any atom is 0.253 e. The molecular weight excluding hydrogens is 350 g/mol. The Labute approximate surface area is 167 Å². The Hall–Kier alpha value is -2.66. The minimum Gasteiger partial charge on any atom is -0.355 e. The molecule has 3 rings (SSSR count). The van der Waals surface area contributed by atoms with Gasteiger partial charge in [0.1, 0.15) is 0 Å².